The zero-order chi connectivity index (χ0) is 16.8. The second-order valence-electron chi connectivity index (χ2n) is 5.60. The minimum Gasteiger partial charge on any atom is -0.426 e. The molecular formula is C15H13F5O2S. The van der Waals surface area contributed by atoms with E-state index in [1.165, 1.54) is 12.1 Å². The molecule has 126 valence electrons. The molecule has 0 aromatic heterocycles. The van der Waals surface area contributed by atoms with Crippen LogP contribution >= 0.6 is 0 Å². The van der Waals surface area contributed by atoms with Crippen LogP contribution in [0.3, 0.4) is 0 Å². The maximum atomic E-state index is 12.8. The number of halogens is 5. The van der Waals surface area contributed by atoms with E-state index in [4.69, 9.17) is 0 Å². The normalized spacial score (nSPS) is 27.7. The van der Waals surface area contributed by atoms with Gasteiger partial charge < -0.3 is 4.74 Å². The number of alkyl halides is 5. The lowest BCUT2D eigenvalue weighted by molar-refractivity contribution is -0.360. The highest BCUT2D eigenvalue weighted by molar-refractivity contribution is 7.86. The van der Waals surface area contributed by atoms with Crippen LogP contribution in [0.5, 0.6) is 5.75 Å². The Hall–Kier alpha value is -1.44. The Bertz CT molecular complexity index is 651. The van der Waals surface area contributed by atoms with Crippen LogP contribution in [0.25, 0.3) is 5.57 Å². The van der Waals surface area contributed by atoms with Crippen LogP contribution in [0.2, 0.25) is 0 Å². The van der Waals surface area contributed by atoms with Gasteiger partial charge in [-0.2, -0.15) is 22.0 Å². The van der Waals surface area contributed by atoms with E-state index in [9.17, 15) is 26.2 Å². The molecule has 0 amide bonds. The molecule has 1 saturated heterocycles. The first-order chi connectivity index (χ1) is 10.7. The zero-order valence-electron chi connectivity index (χ0n) is 11.8. The summed E-state index contributed by atoms with van der Waals surface area (Å²) in [6.07, 6.45) is -6.70. The van der Waals surface area contributed by atoms with Crippen LogP contribution in [0.15, 0.2) is 30.3 Å². The SMILES string of the molecule is O=S1C2C=C(c3ccc(OC(F)(F)C(F)(F)F)cc3)CC1CC2. The van der Waals surface area contributed by atoms with Crippen molar-refractivity contribution in [2.24, 2.45) is 0 Å². The van der Waals surface area contributed by atoms with Gasteiger partial charge in [-0.15, -0.1) is 0 Å². The molecule has 3 unspecified atom stereocenters. The highest BCUT2D eigenvalue weighted by Crippen LogP contribution is 2.40. The van der Waals surface area contributed by atoms with E-state index in [0.717, 1.165) is 36.1 Å². The third-order valence-corrected chi connectivity index (χ3v) is 6.06. The van der Waals surface area contributed by atoms with Gasteiger partial charge in [-0.25, -0.2) is 0 Å². The van der Waals surface area contributed by atoms with Crippen molar-refractivity contribution in [3.05, 3.63) is 35.9 Å². The van der Waals surface area contributed by atoms with E-state index in [-0.39, 0.29) is 10.5 Å². The van der Waals surface area contributed by atoms with E-state index < -0.39 is 28.8 Å². The molecule has 0 N–H and O–H groups in total. The first-order valence-electron chi connectivity index (χ1n) is 7.01. The number of ether oxygens (including phenoxy) is 1. The number of fused-ring (bicyclic) bond motifs is 2. The minimum atomic E-state index is -5.76. The van der Waals surface area contributed by atoms with Crippen molar-refractivity contribution in [2.75, 3.05) is 0 Å². The molecule has 0 radical (unpaired) electrons. The van der Waals surface area contributed by atoms with Gasteiger partial charge >= 0.3 is 12.3 Å². The average Bonchev–Trinajstić information content (AvgIpc) is 2.69. The molecule has 1 aromatic carbocycles. The van der Waals surface area contributed by atoms with Crippen molar-refractivity contribution in [2.45, 2.75) is 42.0 Å². The molecule has 23 heavy (non-hydrogen) atoms. The first-order valence-corrected chi connectivity index (χ1v) is 8.29. The highest BCUT2D eigenvalue weighted by atomic mass is 32.2. The second-order valence-corrected chi connectivity index (χ2v) is 7.53. The second kappa shape index (κ2) is 5.58. The van der Waals surface area contributed by atoms with E-state index in [1.807, 2.05) is 6.08 Å². The van der Waals surface area contributed by atoms with Crippen LogP contribution in [-0.2, 0) is 10.8 Å². The zero-order valence-corrected chi connectivity index (χ0v) is 12.6. The maximum absolute atomic E-state index is 12.8. The molecule has 0 spiro atoms. The van der Waals surface area contributed by atoms with Crippen LogP contribution in [0.4, 0.5) is 22.0 Å². The van der Waals surface area contributed by atoms with Crippen molar-refractivity contribution in [3.8, 4) is 5.75 Å². The monoisotopic (exact) mass is 352 g/mol. The molecule has 2 aliphatic rings. The van der Waals surface area contributed by atoms with Gasteiger partial charge in [-0.3, -0.25) is 4.21 Å². The Morgan fingerprint density at radius 2 is 1.70 bits per heavy atom. The van der Waals surface area contributed by atoms with Gasteiger partial charge in [0.15, 0.2) is 0 Å². The Labute approximate surface area is 131 Å². The average molecular weight is 352 g/mol. The lowest BCUT2D eigenvalue weighted by atomic mass is 10.0. The molecule has 2 heterocycles. The summed E-state index contributed by atoms with van der Waals surface area (Å²) in [5, 5.41) is 0.111. The summed E-state index contributed by atoms with van der Waals surface area (Å²) >= 11 is 0. The van der Waals surface area contributed by atoms with Gasteiger partial charge in [0.1, 0.15) is 5.75 Å². The molecule has 0 aliphatic carbocycles. The van der Waals surface area contributed by atoms with Crippen molar-refractivity contribution in [1.29, 1.82) is 0 Å². The van der Waals surface area contributed by atoms with E-state index in [1.54, 1.807) is 0 Å². The summed E-state index contributed by atoms with van der Waals surface area (Å²) in [4.78, 5) is 0. The number of allylic oxidation sites excluding steroid dienone is 1. The standard InChI is InChI=1S/C15H13F5O2S/c16-14(17,18)15(19,20)22-11-3-1-9(2-4-11)10-7-12-5-6-13(8-10)23(12)21/h1-4,7,12-13H,5-6,8H2. The van der Waals surface area contributed by atoms with Crippen molar-refractivity contribution in [3.63, 3.8) is 0 Å². The summed E-state index contributed by atoms with van der Waals surface area (Å²) in [5.74, 6) is -0.556. The Balaban J connectivity index is 1.76. The molecule has 1 aromatic rings. The fourth-order valence-corrected chi connectivity index (χ4v) is 4.73. The Kier molecular flexibility index (Phi) is 3.98. The molecule has 8 heteroatoms. The van der Waals surface area contributed by atoms with Crippen molar-refractivity contribution >= 4 is 16.4 Å². The number of hydrogen-bond acceptors (Lipinski definition) is 2. The number of benzene rings is 1. The molecule has 2 nitrogen and oxygen atoms in total. The first kappa shape index (κ1) is 16.4. The molecular weight excluding hydrogens is 339 g/mol. The van der Waals surface area contributed by atoms with Gasteiger partial charge in [-0.05, 0) is 42.5 Å². The lowest BCUT2D eigenvalue weighted by Crippen LogP contribution is -2.41. The third kappa shape index (κ3) is 3.13. The highest BCUT2D eigenvalue weighted by Gasteiger charge is 2.61. The van der Waals surface area contributed by atoms with E-state index in [2.05, 4.69) is 4.74 Å². The molecule has 3 atom stereocenters. The van der Waals surface area contributed by atoms with Gasteiger partial charge in [0.2, 0.25) is 0 Å². The lowest BCUT2D eigenvalue weighted by Gasteiger charge is -2.21. The van der Waals surface area contributed by atoms with Gasteiger partial charge in [0, 0.05) is 16.0 Å². The Morgan fingerprint density at radius 1 is 1.04 bits per heavy atom. The topological polar surface area (TPSA) is 26.3 Å². The molecule has 2 bridgehead atoms. The third-order valence-electron chi connectivity index (χ3n) is 4.04. The van der Waals surface area contributed by atoms with Crippen LogP contribution < -0.4 is 4.74 Å². The van der Waals surface area contributed by atoms with Crippen molar-refractivity contribution in [1.82, 2.24) is 0 Å². The summed E-state index contributed by atoms with van der Waals surface area (Å²) < 4.78 is 77.7. The van der Waals surface area contributed by atoms with Crippen LogP contribution in [0.1, 0.15) is 24.8 Å². The fourth-order valence-electron chi connectivity index (χ4n) is 2.86. The maximum Gasteiger partial charge on any atom is 0.499 e. The van der Waals surface area contributed by atoms with Crippen LogP contribution in [-0.4, -0.2) is 27.0 Å². The Morgan fingerprint density at radius 3 is 2.26 bits per heavy atom. The van der Waals surface area contributed by atoms with E-state index in [0.29, 0.717) is 6.42 Å². The predicted octanol–water partition coefficient (Wildman–Crippen LogP) is 4.29. The smallest absolute Gasteiger partial charge is 0.426 e. The number of rotatable bonds is 3. The molecule has 2 aliphatic heterocycles. The fraction of sp³-hybridized carbons (Fsp3) is 0.467. The summed E-state index contributed by atoms with van der Waals surface area (Å²) in [6.45, 7) is 0. The molecule has 0 saturated carbocycles. The molecule has 3 rings (SSSR count). The largest absolute Gasteiger partial charge is 0.499 e. The summed E-state index contributed by atoms with van der Waals surface area (Å²) in [7, 11) is -0.866. The van der Waals surface area contributed by atoms with Crippen molar-refractivity contribution < 1.29 is 30.9 Å². The number of hydrogen-bond donors (Lipinski definition) is 0. The van der Waals surface area contributed by atoms with E-state index >= 15 is 0 Å². The summed E-state index contributed by atoms with van der Waals surface area (Å²) in [6, 6.07) is 5.06. The van der Waals surface area contributed by atoms with Gasteiger partial charge in [0.25, 0.3) is 0 Å². The van der Waals surface area contributed by atoms with Crippen LogP contribution in [0, 0.1) is 0 Å². The minimum absolute atomic E-state index is 0.00855. The predicted molar refractivity (Wildman–Crippen MR) is 75.6 cm³/mol. The van der Waals surface area contributed by atoms with Gasteiger partial charge in [-0.1, -0.05) is 18.2 Å². The quantitative estimate of drug-likeness (QED) is 0.759. The van der Waals surface area contributed by atoms with Gasteiger partial charge in [0.05, 0.1) is 5.25 Å². The summed E-state index contributed by atoms with van der Waals surface area (Å²) in [5.41, 5.74) is 1.67. The molecule has 1 fully saturated rings.